The van der Waals surface area contributed by atoms with Gasteiger partial charge < -0.3 is 10.1 Å². The van der Waals surface area contributed by atoms with Crippen molar-refractivity contribution in [2.45, 2.75) is 32.9 Å². The number of nitrogens with one attached hydrogen (secondary N) is 1. The molecule has 0 aromatic heterocycles. The van der Waals surface area contributed by atoms with Gasteiger partial charge in [-0.3, -0.25) is 4.90 Å². The lowest BCUT2D eigenvalue weighted by Gasteiger charge is -2.34. The van der Waals surface area contributed by atoms with Gasteiger partial charge in [0.1, 0.15) is 0 Å². The molecule has 0 saturated carbocycles. The van der Waals surface area contributed by atoms with E-state index in [9.17, 15) is 0 Å². The number of hydrogen-bond donors (Lipinski definition) is 1. The lowest BCUT2D eigenvalue weighted by Crippen LogP contribution is -2.47. The maximum Gasteiger partial charge on any atom is 0.0826 e. The molecule has 2 unspecified atom stereocenters. The van der Waals surface area contributed by atoms with E-state index in [1.54, 1.807) is 0 Å². The Morgan fingerprint density at radius 1 is 1.38 bits per heavy atom. The van der Waals surface area contributed by atoms with Crippen LogP contribution >= 0.6 is 11.6 Å². The third-order valence-electron chi connectivity index (χ3n) is 3.85. The molecule has 0 radical (unpaired) electrons. The van der Waals surface area contributed by atoms with Crippen LogP contribution in [0.5, 0.6) is 0 Å². The average Bonchev–Trinajstić information content (AvgIpc) is 2.44. The number of rotatable bonds is 6. The van der Waals surface area contributed by atoms with Gasteiger partial charge in [-0.1, -0.05) is 37.6 Å². The molecule has 2 atom stereocenters. The molecule has 2 rings (SSSR count). The van der Waals surface area contributed by atoms with Crippen LogP contribution in [0, 0.1) is 5.92 Å². The highest BCUT2D eigenvalue weighted by atomic mass is 35.5. The number of morpholine rings is 1. The Labute approximate surface area is 133 Å². The number of nitrogens with zero attached hydrogens (tertiary/aromatic N) is 1. The second kappa shape index (κ2) is 8.14. The summed E-state index contributed by atoms with van der Waals surface area (Å²) >= 11 is 6.05. The minimum atomic E-state index is 0.277. The van der Waals surface area contributed by atoms with Gasteiger partial charge in [0, 0.05) is 37.2 Å². The summed E-state index contributed by atoms with van der Waals surface area (Å²) in [6.45, 7) is 11.6. The van der Waals surface area contributed by atoms with E-state index in [0.29, 0.717) is 5.92 Å². The van der Waals surface area contributed by atoms with Crippen LogP contribution in [0.25, 0.3) is 0 Å². The summed E-state index contributed by atoms with van der Waals surface area (Å²) in [4.78, 5) is 2.50. The van der Waals surface area contributed by atoms with Crippen LogP contribution in [-0.2, 0) is 4.74 Å². The Morgan fingerprint density at radius 2 is 2.19 bits per heavy atom. The molecule has 0 aliphatic carbocycles. The SMILES string of the molecule is CC(C)CN1CCOC(CNC(C)c2cccc(Cl)c2)C1. The van der Waals surface area contributed by atoms with Gasteiger partial charge in [0.15, 0.2) is 0 Å². The molecule has 0 bridgehead atoms. The number of benzene rings is 1. The fraction of sp³-hybridized carbons (Fsp3) is 0.647. The van der Waals surface area contributed by atoms with Crippen molar-refractivity contribution in [1.29, 1.82) is 0 Å². The summed E-state index contributed by atoms with van der Waals surface area (Å²) in [5.74, 6) is 0.710. The minimum Gasteiger partial charge on any atom is -0.374 e. The normalized spacial score (nSPS) is 21.7. The summed E-state index contributed by atoms with van der Waals surface area (Å²) in [6, 6.07) is 8.32. The standard InChI is InChI=1S/C17H27ClN2O/c1-13(2)11-20-7-8-21-17(12-20)10-19-14(3)15-5-4-6-16(18)9-15/h4-6,9,13-14,17,19H,7-8,10-12H2,1-3H3. The van der Waals surface area contributed by atoms with Crippen LogP contribution in [0.3, 0.4) is 0 Å². The maximum atomic E-state index is 6.05. The monoisotopic (exact) mass is 310 g/mol. The van der Waals surface area contributed by atoms with Crippen molar-refractivity contribution in [3.63, 3.8) is 0 Å². The van der Waals surface area contributed by atoms with Gasteiger partial charge in [-0.2, -0.15) is 0 Å². The van der Waals surface area contributed by atoms with Gasteiger partial charge >= 0.3 is 0 Å². The van der Waals surface area contributed by atoms with Gasteiger partial charge in [-0.15, -0.1) is 0 Å². The minimum absolute atomic E-state index is 0.277. The van der Waals surface area contributed by atoms with Gasteiger partial charge in [0.05, 0.1) is 12.7 Å². The van der Waals surface area contributed by atoms with Gasteiger partial charge in [-0.05, 0) is 30.5 Å². The molecule has 118 valence electrons. The van der Waals surface area contributed by atoms with E-state index in [2.05, 4.69) is 37.1 Å². The molecule has 1 N–H and O–H groups in total. The molecular formula is C17H27ClN2O. The van der Waals surface area contributed by atoms with Gasteiger partial charge in [0.25, 0.3) is 0 Å². The van der Waals surface area contributed by atoms with Crippen LogP contribution in [0.2, 0.25) is 5.02 Å². The molecular weight excluding hydrogens is 284 g/mol. The molecule has 0 amide bonds. The second-order valence-electron chi connectivity index (χ2n) is 6.33. The Hall–Kier alpha value is -0.610. The predicted molar refractivity (Wildman–Crippen MR) is 88.9 cm³/mol. The van der Waals surface area contributed by atoms with E-state index in [-0.39, 0.29) is 12.1 Å². The maximum absolute atomic E-state index is 6.05. The number of hydrogen-bond acceptors (Lipinski definition) is 3. The predicted octanol–water partition coefficient (Wildman–Crippen LogP) is 3.35. The van der Waals surface area contributed by atoms with E-state index in [1.807, 2.05) is 18.2 Å². The Balaban J connectivity index is 1.79. The summed E-state index contributed by atoms with van der Waals surface area (Å²) in [6.07, 6.45) is 0.277. The fourth-order valence-electron chi connectivity index (χ4n) is 2.79. The first-order valence-electron chi connectivity index (χ1n) is 7.87. The number of ether oxygens (including phenoxy) is 1. The van der Waals surface area contributed by atoms with E-state index in [0.717, 1.165) is 37.8 Å². The van der Waals surface area contributed by atoms with E-state index >= 15 is 0 Å². The van der Waals surface area contributed by atoms with Crippen LogP contribution in [-0.4, -0.2) is 43.8 Å². The fourth-order valence-corrected chi connectivity index (χ4v) is 2.99. The highest BCUT2D eigenvalue weighted by Crippen LogP contribution is 2.17. The van der Waals surface area contributed by atoms with Crippen LogP contribution in [0.4, 0.5) is 0 Å². The molecule has 1 aromatic carbocycles. The lowest BCUT2D eigenvalue weighted by atomic mass is 10.1. The molecule has 1 aromatic rings. The quantitative estimate of drug-likeness (QED) is 0.872. The van der Waals surface area contributed by atoms with Crippen molar-refractivity contribution in [3.8, 4) is 0 Å². The molecule has 1 fully saturated rings. The second-order valence-corrected chi connectivity index (χ2v) is 6.77. The topological polar surface area (TPSA) is 24.5 Å². The molecule has 3 nitrogen and oxygen atoms in total. The van der Waals surface area contributed by atoms with E-state index in [4.69, 9.17) is 16.3 Å². The smallest absolute Gasteiger partial charge is 0.0826 e. The third kappa shape index (κ3) is 5.59. The number of halogens is 1. The lowest BCUT2D eigenvalue weighted by molar-refractivity contribution is -0.0311. The summed E-state index contributed by atoms with van der Waals surface area (Å²) in [5, 5.41) is 4.35. The molecule has 1 heterocycles. The third-order valence-corrected chi connectivity index (χ3v) is 4.08. The molecule has 0 spiro atoms. The first-order chi connectivity index (χ1) is 10.0. The Kier molecular flexibility index (Phi) is 6.49. The van der Waals surface area contributed by atoms with Gasteiger partial charge in [0.2, 0.25) is 0 Å². The zero-order valence-corrected chi connectivity index (χ0v) is 14.1. The van der Waals surface area contributed by atoms with Crippen molar-refractivity contribution in [3.05, 3.63) is 34.9 Å². The summed E-state index contributed by atoms with van der Waals surface area (Å²) in [5.41, 5.74) is 1.22. The molecule has 4 heteroatoms. The van der Waals surface area contributed by atoms with Crippen molar-refractivity contribution in [1.82, 2.24) is 10.2 Å². The van der Waals surface area contributed by atoms with Crippen molar-refractivity contribution in [2.75, 3.05) is 32.8 Å². The van der Waals surface area contributed by atoms with E-state index < -0.39 is 0 Å². The van der Waals surface area contributed by atoms with Crippen LogP contribution in [0.15, 0.2) is 24.3 Å². The Morgan fingerprint density at radius 3 is 2.90 bits per heavy atom. The highest BCUT2D eigenvalue weighted by molar-refractivity contribution is 6.30. The van der Waals surface area contributed by atoms with Crippen LogP contribution in [0.1, 0.15) is 32.4 Å². The van der Waals surface area contributed by atoms with Crippen molar-refractivity contribution >= 4 is 11.6 Å². The van der Waals surface area contributed by atoms with Crippen molar-refractivity contribution < 1.29 is 4.74 Å². The molecule has 1 aliphatic rings. The summed E-state index contributed by atoms with van der Waals surface area (Å²) < 4.78 is 5.87. The molecule has 21 heavy (non-hydrogen) atoms. The summed E-state index contributed by atoms with van der Waals surface area (Å²) in [7, 11) is 0. The van der Waals surface area contributed by atoms with Gasteiger partial charge in [-0.25, -0.2) is 0 Å². The zero-order valence-electron chi connectivity index (χ0n) is 13.3. The molecule has 1 saturated heterocycles. The molecule has 1 aliphatic heterocycles. The van der Waals surface area contributed by atoms with E-state index in [1.165, 1.54) is 5.56 Å². The van der Waals surface area contributed by atoms with Crippen molar-refractivity contribution in [2.24, 2.45) is 5.92 Å². The first-order valence-corrected chi connectivity index (χ1v) is 8.25. The largest absolute Gasteiger partial charge is 0.374 e. The first kappa shape index (κ1) is 16.8. The Bertz CT molecular complexity index is 439. The average molecular weight is 311 g/mol. The highest BCUT2D eigenvalue weighted by Gasteiger charge is 2.21. The van der Waals surface area contributed by atoms with Crippen LogP contribution < -0.4 is 5.32 Å². The zero-order chi connectivity index (χ0) is 15.2.